The van der Waals surface area contributed by atoms with E-state index < -0.39 is 0 Å². The van der Waals surface area contributed by atoms with E-state index in [4.69, 9.17) is 23.2 Å². The maximum Gasteiger partial charge on any atom is 0.138 e. The number of aromatic nitrogens is 2. The monoisotopic (exact) mass is 288 g/mol. The second-order valence-corrected chi connectivity index (χ2v) is 5.49. The standard InChI is InChI=1S/C12H18Cl2N4/c1-8-5-18(6-9(2)17(8)3)12-10(4-13)11(14)15-7-16-12/h7-9H,4-6H2,1-3H3. The first-order valence-electron chi connectivity index (χ1n) is 6.06. The van der Waals surface area contributed by atoms with Crippen LogP contribution in [0, 0.1) is 0 Å². The molecule has 2 atom stereocenters. The summed E-state index contributed by atoms with van der Waals surface area (Å²) in [7, 11) is 2.15. The lowest BCUT2D eigenvalue weighted by Gasteiger charge is -2.43. The van der Waals surface area contributed by atoms with Crippen LogP contribution in [0.1, 0.15) is 19.4 Å². The van der Waals surface area contributed by atoms with E-state index in [0.29, 0.717) is 23.1 Å². The number of nitrogens with zero attached hydrogens (tertiary/aromatic N) is 4. The summed E-state index contributed by atoms with van der Waals surface area (Å²) in [5.41, 5.74) is 0.824. The molecule has 6 heteroatoms. The molecule has 4 nitrogen and oxygen atoms in total. The fourth-order valence-electron chi connectivity index (χ4n) is 2.35. The molecule has 1 aliphatic rings. The highest BCUT2D eigenvalue weighted by Crippen LogP contribution is 2.27. The van der Waals surface area contributed by atoms with Crippen molar-refractivity contribution in [3.63, 3.8) is 0 Å². The number of hydrogen-bond acceptors (Lipinski definition) is 4. The SMILES string of the molecule is CC1CN(c2ncnc(Cl)c2CCl)CC(C)N1C. The minimum atomic E-state index is 0.337. The molecule has 0 amide bonds. The highest BCUT2D eigenvalue weighted by Gasteiger charge is 2.28. The number of hydrogen-bond donors (Lipinski definition) is 0. The van der Waals surface area contributed by atoms with Crippen molar-refractivity contribution in [3.8, 4) is 0 Å². The van der Waals surface area contributed by atoms with Crippen LogP contribution in [0.25, 0.3) is 0 Å². The Bertz CT molecular complexity index is 415. The average Bonchev–Trinajstić information content (AvgIpc) is 2.35. The van der Waals surface area contributed by atoms with Crippen LogP contribution >= 0.6 is 23.2 Å². The number of piperazine rings is 1. The smallest absolute Gasteiger partial charge is 0.138 e. The maximum atomic E-state index is 6.08. The van der Waals surface area contributed by atoms with Crippen molar-refractivity contribution >= 4 is 29.0 Å². The third-order valence-electron chi connectivity index (χ3n) is 3.66. The largest absolute Gasteiger partial charge is 0.353 e. The summed E-state index contributed by atoms with van der Waals surface area (Å²) >= 11 is 12.0. The van der Waals surface area contributed by atoms with E-state index in [0.717, 1.165) is 24.5 Å². The second-order valence-electron chi connectivity index (χ2n) is 4.87. The van der Waals surface area contributed by atoms with Crippen LogP contribution in [0.4, 0.5) is 5.82 Å². The average molecular weight is 289 g/mol. The van der Waals surface area contributed by atoms with E-state index in [-0.39, 0.29) is 0 Å². The minimum absolute atomic E-state index is 0.337. The van der Waals surface area contributed by atoms with Gasteiger partial charge in [-0.1, -0.05) is 11.6 Å². The summed E-state index contributed by atoms with van der Waals surface area (Å²) in [6, 6.07) is 0.955. The molecule has 0 spiro atoms. The molecule has 1 aromatic heterocycles. The fraction of sp³-hybridized carbons (Fsp3) is 0.667. The quantitative estimate of drug-likeness (QED) is 0.618. The molecule has 100 valence electrons. The predicted molar refractivity (Wildman–Crippen MR) is 75.5 cm³/mol. The van der Waals surface area contributed by atoms with Gasteiger partial charge in [-0.2, -0.15) is 0 Å². The summed E-state index contributed by atoms with van der Waals surface area (Å²) in [4.78, 5) is 13.0. The molecule has 0 saturated carbocycles. The summed E-state index contributed by atoms with van der Waals surface area (Å²) in [6.45, 7) is 6.29. The van der Waals surface area contributed by atoms with Gasteiger partial charge in [-0.3, -0.25) is 4.90 Å². The Kier molecular flexibility index (Phi) is 4.30. The molecule has 1 aromatic rings. The lowest BCUT2D eigenvalue weighted by Crippen LogP contribution is -2.55. The van der Waals surface area contributed by atoms with Gasteiger partial charge < -0.3 is 4.90 Å². The van der Waals surface area contributed by atoms with Gasteiger partial charge in [-0.05, 0) is 20.9 Å². The second kappa shape index (κ2) is 5.59. The Morgan fingerprint density at radius 2 is 1.89 bits per heavy atom. The Morgan fingerprint density at radius 1 is 1.28 bits per heavy atom. The molecular formula is C12H18Cl2N4. The number of anilines is 1. The molecule has 2 heterocycles. The van der Waals surface area contributed by atoms with Gasteiger partial charge in [0.05, 0.1) is 5.88 Å². The summed E-state index contributed by atoms with van der Waals surface area (Å²) in [6.07, 6.45) is 1.50. The third kappa shape index (κ3) is 2.56. The number of halogens is 2. The van der Waals surface area contributed by atoms with Gasteiger partial charge in [0, 0.05) is 30.7 Å². The number of alkyl halides is 1. The maximum absolute atomic E-state index is 6.08. The summed E-state index contributed by atoms with van der Waals surface area (Å²) in [5.74, 6) is 1.21. The molecule has 1 fully saturated rings. The Morgan fingerprint density at radius 3 is 2.44 bits per heavy atom. The first kappa shape index (κ1) is 13.8. The van der Waals surface area contributed by atoms with Crippen LogP contribution in [0.3, 0.4) is 0 Å². The Balaban J connectivity index is 2.29. The molecule has 2 rings (SSSR count). The zero-order valence-electron chi connectivity index (χ0n) is 10.9. The summed E-state index contributed by atoms with van der Waals surface area (Å²) < 4.78 is 0. The lowest BCUT2D eigenvalue weighted by atomic mass is 10.1. The van der Waals surface area contributed by atoms with Crippen molar-refractivity contribution < 1.29 is 0 Å². The topological polar surface area (TPSA) is 32.3 Å². The van der Waals surface area contributed by atoms with Crippen molar-refractivity contribution in [3.05, 3.63) is 17.0 Å². The molecule has 1 saturated heterocycles. The van der Waals surface area contributed by atoms with Crippen LogP contribution < -0.4 is 4.90 Å². The van der Waals surface area contributed by atoms with E-state index in [1.807, 2.05) is 0 Å². The molecule has 1 aliphatic heterocycles. The van der Waals surface area contributed by atoms with Gasteiger partial charge in [0.1, 0.15) is 17.3 Å². The first-order valence-corrected chi connectivity index (χ1v) is 6.98. The molecule has 0 bridgehead atoms. The molecular weight excluding hydrogens is 271 g/mol. The zero-order chi connectivity index (χ0) is 13.3. The van der Waals surface area contributed by atoms with E-state index in [1.165, 1.54) is 6.33 Å². The van der Waals surface area contributed by atoms with Gasteiger partial charge in [0.25, 0.3) is 0 Å². The number of rotatable bonds is 2. The van der Waals surface area contributed by atoms with Gasteiger partial charge in [-0.15, -0.1) is 11.6 Å². The van der Waals surface area contributed by atoms with Crippen molar-refractivity contribution in [2.24, 2.45) is 0 Å². The van der Waals surface area contributed by atoms with E-state index in [1.54, 1.807) is 0 Å². The van der Waals surface area contributed by atoms with Crippen molar-refractivity contribution in [1.82, 2.24) is 14.9 Å². The zero-order valence-corrected chi connectivity index (χ0v) is 12.4. The highest BCUT2D eigenvalue weighted by atomic mass is 35.5. The summed E-state index contributed by atoms with van der Waals surface area (Å²) in [5, 5.41) is 0.453. The normalized spacial score (nSPS) is 25.5. The molecule has 18 heavy (non-hydrogen) atoms. The van der Waals surface area contributed by atoms with E-state index >= 15 is 0 Å². The van der Waals surface area contributed by atoms with Crippen LogP contribution in [0.5, 0.6) is 0 Å². The molecule has 0 aromatic carbocycles. The number of likely N-dealkylation sites (N-methyl/N-ethyl adjacent to an activating group) is 1. The lowest BCUT2D eigenvalue weighted by molar-refractivity contribution is 0.169. The highest BCUT2D eigenvalue weighted by molar-refractivity contribution is 6.31. The third-order valence-corrected chi connectivity index (χ3v) is 4.26. The molecule has 0 radical (unpaired) electrons. The van der Waals surface area contributed by atoms with Crippen LogP contribution in [-0.4, -0.2) is 47.1 Å². The minimum Gasteiger partial charge on any atom is -0.353 e. The molecule has 2 unspecified atom stereocenters. The van der Waals surface area contributed by atoms with Crippen molar-refractivity contribution in [2.45, 2.75) is 31.8 Å². The van der Waals surface area contributed by atoms with Gasteiger partial charge >= 0.3 is 0 Å². The predicted octanol–water partition coefficient (Wildman–Crippen LogP) is 2.40. The first-order chi connectivity index (χ1) is 8.54. The van der Waals surface area contributed by atoms with Gasteiger partial charge in [-0.25, -0.2) is 9.97 Å². The molecule has 0 aliphatic carbocycles. The van der Waals surface area contributed by atoms with E-state index in [2.05, 4.69) is 40.7 Å². The van der Waals surface area contributed by atoms with Gasteiger partial charge in [0.2, 0.25) is 0 Å². The van der Waals surface area contributed by atoms with Crippen LogP contribution in [0.15, 0.2) is 6.33 Å². The van der Waals surface area contributed by atoms with E-state index in [9.17, 15) is 0 Å². The molecule has 0 N–H and O–H groups in total. The Labute approximate surface area is 118 Å². The fourth-order valence-corrected chi connectivity index (χ4v) is 2.86. The van der Waals surface area contributed by atoms with Crippen LogP contribution in [-0.2, 0) is 5.88 Å². The van der Waals surface area contributed by atoms with Crippen molar-refractivity contribution in [2.75, 3.05) is 25.0 Å². The van der Waals surface area contributed by atoms with Crippen molar-refractivity contribution in [1.29, 1.82) is 0 Å². The Hall–Kier alpha value is -0.580. The van der Waals surface area contributed by atoms with Crippen LogP contribution in [0.2, 0.25) is 5.15 Å². The van der Waals surface area contributed by atoms with Gasteiger partial charge in [0.15, 0.2) is 0 Å².